The standard InChI is InChI=1S/C23H26N4O3/c1-26-15-20(23(25-26)29-2)21-4-3-13-27(21)14-16-5-9-18(10-6-16)30-19-11-7-17(8-12-19)22(24)28/h5-12,15,21H,3-4,13-14H2,1-2H3,(H2,24,28). The second-order valence-electron chi connectivity index (χ2n) is 7.53. The Balaban J connectivity index is 1.42. The molecule has 1 saturated heterocycles. The van der Waals surface area contributed by atoms with Crippen LogP contribution in [0.25, 0.3) is 0 Å². The van der Waals surface area contributed by atoms with E-state index >= 15 is 0 Å². The number of aromatic nitrogens is 2. The van der Waals surface area contributed by atoms with Crippen molar-refractivity contribution in [3.63, 3.8) is 0 Å². The molecular weight excluding hydrogens is 380 g/mol. The van der Waals surface area contributed by atoms with E-state index < -0.39 is 5.91 Å². The third kappa shape index (κ3) is 4.31. The van der Waals surface area contributed by atoms with E-state index in [1.165, 1.54) is 5.56 Å². The lowest BCUT2D eigenvalue weighted by molar-refractivity contribution is 0.100. The van der Waals surface area contributed by atoms with E-state index in [9.17, 15) is 4.79 Å². The molecule has 2 heterocycles. The van der Waals surface area contributed by atoms with Gasteiger partial charge in [-0.05, 0) is 61.3 Å². The minimum absolute atomic E-state index is 0.313. The van der Waals surface area contributed by atoms with Crippen LogP contribution in [0, 0.1) is 0 Å². The van der Waals surface area contributed by atoms with E-state index in [1.54, 1.807) is 31.4 Å². The highest BCUT2D eigenvalue weighted by Crippen LogP contribution is 2.37. The van der Waals surface area contributed by atoms with Crippen molar-refractivity contribution in [2.75, 3.05) is 13.7 Å². The number of nitrogens with two attached hydrogens (primary N) is 1. The van der Waals surface area contributed by atoms with Gasteiger partial charge in [0.2, 0.25) is 11.8 Å². The quantitative estimate of drug-likeness (QED) is 0.648. The summed E-state index contributed by atoms with van der Waals surface area (Å²) in [6.07, 6.45) is 4.32. The molecule has 1 unspecified atom stereocenters. The highest BCUT2D eigenvalue weighted by Gasteiger charge is 2.30. The summed E-state index contributed by atoms with van der Waals surface area (Å²) in [5.41, 5.74) is 8.10. The van der Waals surface area contributed by atoms with E-state index in [2.05, 4.69) is 28.3 Å². The van der Waals surface area contributed by atoms with Crippen LogP contribution >= 0.6 is 0 Å². The lowest BCUT2D eigenvalue weighted by atomic mass is 10.1. The second-order valence-corrected chi connectivity index (χ2v) is 7.53. The molecule has 1 aromatic heterocycles. The van der Waals surface area contributed by atoms with E-state index in [1.807, 2.05) is 23.9 Å². The van der Waals surface area contributed by atoms with Gasteiger partial charge in [0.15, 0.2) is 0 Å². The Kier molecular flexibility index (Phi) is 5.72. The summed E-state index contributed by atoms with van der Waals surface area (Å²) in [6.45, 7) is 1.91. The largest absolute Gasteiger partial charge is 0.480 e. The Morgan fingerprint density at radius 1 is 1.13 bits per heavy atom. The molecule has 7 nitrogen and oxygen atoms in total. The van der Waals surface area contributed by atoms with Crippen LogP contribution < -0.4 is 15.2 Å². The number of amides is 1. The molecular formula is C23H26N4O3. The van der Waals surface area contributed by atoms with Crippen LogP contribution in [0.2, 0.25) is 0 Å². The minimum atomic E-state index is -0.449. The second kappa shape index (κ2) is 8.59. The Labute approximate surface area is 176 Å². The molecule has 0 spiro atoms. The molecule has 2 N–H and O–H groups in total. The fraction of sp³-hybridized carbons (Fsp3) is 0.304. The molecule has 0 radical (unpaired) electrons. The highest BCUT2D eigenvalue weighted by molar-refractivity contribution is 5.92. The molecule has 1 aliphatic heterocycles. The number of hydrogen-bond acceptors (Lipinski definition) is 5. The summed E-state index contributed by atoms with van der Waals surface area (Å²) in [5.74, 6) is 1.67. The van der Waals surface area contributed by atoms with Crippen LogP contribution in [0.4, 0.5) is 0 Å². The average molecular weight is 406 g/mol. The Morgan fingerprint density at radius 2 is 1.80 bits per heavy atom. The van der Waals surface area contributed by atoms with Crippen LogP contribution in [-0.4, -0.2) is 34.2 Å². The number of benzene rings is 2. The molecule has 1 fully saturated rings. The monoisotopic (exact) mass is 406 g/mol. The van der Waals surface area contributed by atoms with Gasteiger partial charge in [-0.25, -0.2) is 0 Å². The molecule has 1 atom stereocenters. The maximum absolute atomic E-state index is 11.2. The van der Waals surface area contributed by atoms with Crippen molar-refractivity contribution in [3.05, 3.63) is 71.4 Å². The number of ether oxygens (including phenoxy) is 2. The number of carbonyl (C=O) groups excluding carboxylic acids is 1. The highest BCUT2D eigenvalue weighted by atomic mass is 16.5. The predicted molar refractivity (Wildman–Crippen MR) is 114 cm³/mol. The topological polar surface area (TPSA) is 82.6 Å². The fourth-order valence-corrected chi connectivity index (χ4v) is 3.96. The van der Waals surface area contributed by atoms with Crippen molar-refractivity contribution in [2.24, 2.45) is 12.8 Å². The Hall–Kier alpha value is -3.32. The zero-order valence-corrected chi connectivity index (χ0v) is 17.2. The molecule has 1 aliphatic rings. The number of carbonyl (C=O) groups is 1. The first-order valence-corrected chi connectivity index (χ1v) is 10.0. The van der Waals surface area contributed by atoms with Gasteiger partial charge in [-0.3, -0.25) is 14.4 Å². The molecule has 4 rings (SSSR count). The lowest BCUT2D eigenvalue weighted by Gasteiger charge is -2.24. The van der Waals surface area contributed by atoms with Crippen LogP contribution in [0.3, 0.4) is 0 Å². The molecule has 0 saturated carbocycles. The molecule has 7 heteroatoms. The van der Waals surface area contributed by atoms with Gasteiger partial charge in [-0.1, -0.05) is 12.1 Å². The summed E-state index contributed by atoms with van der Waals surface area (Å²) in [7, 11) is 3.59. The van der Waals surface area contributed by atoms with Crippen LogP contribution in [0.15, 0.2) is 54.7 Å². The summed E-state index contributed by atoms with van der Waals surface area (Å²) in [6, 6.07) is 15.2. The molecule has 3 aromatic rings. The van der Waals surface area contributed by atoms with E-state index in [-0.39, 0.29) is 0 Å². The van der Waals surface area contributed by atoms with Crippen LogP contribution in [0.1, 0.15) is 40.4 Å². The number of aryl methyl sites for hydroxylation is 1. The van der Waals surface area contributed by atoms with Gasteiger partial charge >= 0.3 is 0 Å². The molecule has 1 amide bonds. The van der Waals surface area contributed by atoms with Crippen LogP contribution in [-0.2, 0) is 13.6 Å². The van der Waals surface area contributed by atoms with Gasteiger partial charge in [0, 0.05) is 31.4 Å². The van der Waals surface area contributed by atoms with Gasteiger partial charge in [0.1, 0.15) is 11.5 Å². The maximum Gasteiger partial charge on any atom is 0.248 e. The number of hydrogen-bond donors (Lipinski definition) is 1. The normalized spacial score (nSPS) is 16.5. The first kappa shape index (κ1) is 20.0. The third-order valence-corrected chi connectivity index (χ3v) is 5.42. The van der Waals surface area contributed by atoms with E-state index in [4.69, 9.17) is 15.2 Å². The summed E-state index contributed by atoms with van der Waals surface area (Å²) < 4.78 is 13.1. The number of likely N-dealkylation sites (tertiary alicyclic amines) is 1. The predicted octanol–water partition coefficient (Wildman–Crippen LogP) is 3.66. The molecule has 0 bridgehead atoms. The van der Waals surface area contributed by atoms with Crippen molar-refractivity contribution >= 4 is 5.91 Å². The molecule has 156 valence electrons. The SMILES string of the molecule is COc1nn(C)cc1C1CCCN1Cc1ccc(Oc2ccc(C(N)=O)cc2)cc1. The zero-order chi connectivity index (χ0) is 21.1. The number of primary amides is 1. The number of nitrogens with zero attached hydrogens (tertiary/aromatic N) is 3. The van der Waals surface area contributed by atoms with Gasteiger partial charge < -0.3 is 15.2 Å². The van der Waals surface area contributed by atoms with Gasteiger partial charge in [0.25, 0.3) is 0 Å². The molecule has 30 heavy (non-hydrogen) atoms. The van der Waals surface area contributed by atoms with Crippen molar-refractivity contribution in [1.82, 2.24) is 14.7 Å². The van der Waals surface area contributed by atoms with Crippen molar-refractivity contribution in [1.29, 1.82) is 0 Å². The molecule has 2 aromatic carbocycles. The van der Waals surface area contributed by atoms with Crippen LogP contribution in [0.5, 0.6) is 17.4 Å². The zero-order valence-electron chi connectivity index (χ0n) is 17.2. The fourth-order valence-electron chi connectivity index (χ4n) is 3.96. The average Bonchev–Trinajstić information content (AvgIpc) is 3.35. The third-order valence-electron chi connectivity index (χ3n) is 5.42. The van der Waals surface area contributed by atoms with E-state index in [0.717, 1.165) is 37.2 Å². The maximum atomic E-state index is 11.2. The summed E-state index contributed by atoms with van der Waals surface area (Å²) in [5, 5.41) is 4.41. The Bertz CT molecular complexity index is 1010. The lowest BCUT2D eigenvalue weighted by Crippen LogP contribution is -2.22. The summed E-state index contributed by atoms with van der Waals surface area (Å²) >= 11 is 0. The summed E-state index contributed by atoms with van der Waals surface area (Å²) in [4.78, 5) is 13.6. The Morgan fingerprint density at radius 3 is 2.43 bits per heavy atom. The first-order valence-electron chi connectivity index (χ1n) is 10.0. The molecule has 0 aliphatic carbocycles. The van der Waals surface area contributed by atoms with Crippen molar-refractivity contribution in [2.45, 2.75) is 25.4 Å². The number of rotatable bonds is 7. The van der Waals surface area contributed by atoms with E-state index in [0.29, 0.717) is 23.2 Å². The van der Waals surface area contributed by atoms with Gasteiger partial charge in [0.05, 0.1) is 12.7 Å². The van der Waals surface area contributed by atoms with Gasteiger partial charge in [-0.2, -0.15) is 0 Å². The number of methoxy groups -OCH3 is 1. The van der Waals surface area contributed by atoms with Crippen molar-refractivity contribution in [3.8, 4) is 17.4 Å². The van der Waals surface area contributed by atoms with Crippen molar-refractivity contribution < 1.29 is 14.3 Å². The first-order chi connectivity index (χ1) is 14.5. The van der Waals surface area contributed by atoms with Gasteiger partial charge in [-0.15, -0.1) is 5.10 Å². The smallest absolute Gasteiger partial charge is 0.248 e. The minimum Gasteiger partial charge on any atom is -0.480 e.